The second kappa shape index (κ2) is 9.73. The Labute approximate surface area is 162 Å². The molecule has 2 aromatic carbocycles. The smallest absolute Gasteiger partial charge is 0.307 e. The number of rotatable bonds is 7. The first-order valence-corrected chi connectivity index (χ1v) is 8.74. The molecule has 0 aliphatic rings. The first-order valence-electron chi connectivity index (χ1n) is 8.36. The van der Waals surface area contributed by atoms with Crippen LogP contribution in [-0.2, 0) is 14.3 Å². The third-order valence-electron chi connectivity index (χ3n) is 3.90. The maximum atomic E-state index is 12.3. The van der Waals surface area contributed by atoms with Crippen molar-refractivity contribution in [1.82, 2.24) is 10.6 Å². The molecule has 2 N–H and O–H groups in total. The lowest BCUT2D eigenvalue weighted by molar-refractivity contribution is -0.141. The number of aryl methyl sites for hydroxylation is 1. The molecular weight excluding hydrogens is 368 g/mol. The number of hydrogen-bond donors (Lipinski definition) is 2. The summed E-state index contributed by atoms with van der Waals surface area (Å²) in [5.74, 6) is -1.27. The summed E-state index contributed by atoms with van der Waals surface area (Å²) in [6.45, 7) is 1.65. The Balaban J connectivity index is 2.02. The Kier molecular flexibility index (Phi) is 7.37. The second-order valence-corrected chi connectivity index (χ2v) is 6.38. The number of amides is 2. The van der Waals surface area contributed by atoms with E-state index >= 15 is 0 Å². The monoisotopic (exact) mass is 388 g/mol. The van der Waals surface area contributed by atoms with Crippen LogP contribution in [0.25, 0.3) is 0 Å². The van der Waals surface area contributed by atoms with E-state index in [4.69, 9.17) is 11.6 Å². The van der Waals surface area contributed by atoms with Gasteiger partial charge in [-0.2, -0.15) is 0 Å². The largest absolute Gasteiger partial charge is 0.469 e. The van der Waals surface area contributed by atoms with Crippen LogP contribution < -0.4 is 10.6 Å². The SMILES string of the molecule is COC(=O)CC(NC(=O)CNC(=O)c1cccc(C)c1)c1ccccc1Cl. The summed E-state index contributed by atoms with van der Waals surface area (Å²) < 4.78 is 4.69. The molecular formula is C20H21ClN2O4. The van der Waals surface area contributed by atoms with E-state index in [0.29, 0.717) is 16.1 Å². The number of methoxy groups -OCH3 is 1. The van der Waals surface area contributed by atoms with Gasteiger partial charge in [0.25, 0.3) is 5.91 Å². The molecule has 0 aromatic heterocycles. The number of halogens is 1. The zero-order valence-electron chi connectivity index (χ0n) is 15.1. The van der Waals surface area contributed by atoms with Crippen molar-refractivity contribution in [3.8, 4) is 0 Å². The van der Waals surface area contributed by atoms with Crippen molar-refractivity contribution in [3.05, 3.63) is 70.2 Å². The summed E-state index contributed by atoms with van der Waals surface area (Å²) in [5.41, 5.74) is 2.02. The number of carbonyl (C=O) groups is 3. The molecule has 0 heterocycles. The topological polar surface area (TPSA) is 84.5 Å². The van der Waals surface area contributed by atoms with Crippen LogP contribution in [0.5, 0.6) is 0 Å². The van der Waals surface area contributed by atoms with Crippen LogP contribution in [0.1, 0.15) is 33.9 Å². The summed E-state index contributed by atoms with van der Waals surface area (Å²) >= 11 is 6.18. The van der Waals surface area contributed by atoms with Crippen LogP contribution >= 0.6 is 11.6 Å². The van der Waals surface area contributed by atoms with Crippen LogP contribution in [0.15, 0.2) is 48.5 Å². The highest BCUT2D eigenvalue weighted by Gasteiger charge is 2.21. The van der Waals surface area contributed by atoms with Gasteiger partial charge in [-0.15, -0.1) is 0 Å². The third kappa shape index (κ3) is 6.11. The number of benzene rings is 2. The summed E-state index contributed by atoms with van der Waals surface area (Å²) in [6.07, 6.45) is -0.0716. The van der Waals surface area contributed by atoms with E-state index in [9.17, 15) is 14.4 Å². The highest BCUT2D eigenvalue weighted by atomic mass is 35.5. The van der Waals surface area contributed by atoms with Gasteiger partial charge in [-0.05, 0) is 30.7 Å². The standard InChI is InChI=1S/C20H21ClN2O4/c1-13-6-5-7-14(10-13)20(26)22-12-18(24)23-17(11-19(25)27-2)15-8-3-4-9-16(15)21/h3-10,17H,11-12H2,1-2H3,(H,22,26)(H,23,24). The molecule has 0 fully saturated rings. The van der Waals surface area contributed by atoms with E-state index in [2.05, 4.69) is 15.4 Å². The van der Waals surface area contributed by atoms with Crippen LogP contribution in [-0.4, -0.2) is 31.4 Å². The predicted octanol–water partition coefficient (Wildman–Crippen LogP) is 2.80. The fourth-order valence-corrected chi connectivity index (χ4v) is 2.81. The number of esters is 1. The summed E-state index contributed by atoms with van der Waals surface area (Å²) in [6, 6.07) is 13.3. The van der Waals surface area contributed by atoms with Gasteiger partial charge in [-0.3, -0.25) is 14.4 Å². The van der Waals surface area contributed by atoms with E-state index in [1.54, 1.807) is 42.5 Å². The highest BCUT2D eigenvalue weighted by Crippen LogP contribution is 2.25. The quantitative estimate of drug-likeness (QED) is 0.714. The van der Waals surface area contributed by atoms with E-state index in [-0.39, 0.29) is 18.9 Å². The van der Waals surface area contributed by atoms with Crippen molar-refractivity contribution in [3.63, 3.8) is 0 Å². The highest BCUT2D eigenvalue weighted by molar-refractivity contribution is 6.31. The van der Waals surface area contributed by atoms with Crippen LogP contribution in [0.3, 0.4) is 0 Å². The van der Waals surface area contributed by atoms with Gasteiger partial charge in [0.05, 0.1) is 26.1 Å². The summed E-state index contributed by atoms with van der Waals surface area (Å²) in [5, 5.41) is 5.71. The molecule has 2 amide bonds. The maximum absolute atomic E-state index is 12.3. The van der Waals surface area contributed by atoms with Gasteiger partial charge in [-0.1, -0.05) is 47.5 Å². The molecule has 0 saturated carbocycles. The van der Waals surface area contributed by atoms with Crippen molar-refractivity contribution in [1.29, 1.82) is 0 Å². The van der Waals surface area contributed by atoms with Gasteiger partial charge in [0.1, 0.15) is 0 Å². The molecule has 0 aliphatic carbocycles. The molecule has 7 heteroatoms. The normalized spacial score (nSPS) is 11.4. The zero-order valence-corrected chi connectivity index (χ0v) is 15.9. The number of hydrogen-bond acceptors (Lipinski definition) is 4. The van der Waals surface area contributed by atoms with E-state index < -0.39 is 17.9 Å². The lowest BCUT2D eigenvalue weighted by atomic mass is 10.0. The molecule has 0 aliphatic heterocycles. The molecule has 2 rings (SSSR count). The first kappa shape index (κ1) is 20.5. The molecule has 1 unspecified atom stereocenters. The molecule has 142 valence electrons. The van der Waals surface area contributed by atoms with E-state index in [1.807, 2.05) is 13.0 Å². The average molecular weight is 389 g/mol. The Morgan fingerprint density at radius 2 is 1.85 bits per heavy atom. The Bertz CT molecular complexity index is 838. The van der Waals surface area contributed by atoms with Gasteiger partial charge in [-0.25, -0.2) is 0 Å². The van der Waals surface area contributed by atoms with Crippen LogP contribution in [0.2, 0.25) is 5.02 Å². The maximum Gasteiger partial charge on any atom is 0.307 e. The Hall–Kier alpha value is -2.86. The van der Waals surface area contributed by atoms with Crippen molar-refractivity contribution < 1.29 is 19.1 Å². The first-order chi connectivity index (χ1) is 12.9. The Morgan fingerprint density at radius 1 is 1.11 bits per heavy atom. The van der Waals surface area contributed by atoms with Crippen molar-refractivity contribution >= 4 is 29.4 Å². The summed E-state index contributed by atoms with van der Waals surface area (Å²) in [7, 11) is 1.27. The van der Waals surface area contributed by atoms with Crippen LogP contribution in [0.4, 0.5) is 0 Å². The number of nitrogens with one attached hydrogen (secondary N) is 2. The molecule has 0 spiro atoms. The molecule has 0 bridgehead atoms. The minimum Gasteiger partial charge on any atom is -0.469 e. The number of ether oxygens (including phenoxy) is 1. The van der Waals surface area contributed by atoms with Gasteiger partial charge < -0.3 is 15.4 Å². The fourth-order valence-electron chi connectivity index (χ4n) is 2.54. The lowest BCUT2D eigenvalue weighted by Crippen LogP contribution is -2.39. The molecule has 0 radical (unpaired) electrons. The van der Waals surface area contributed by atoms with Gasteiger partial charge in [0, 0.05) is 10.6 Å². The minimum absolute atomic E-state index is 0.0716. The third-order valence-corrected chi connectivity index (χ3v) is 4.25. The average Bonchev–Trinajstić information content (AvgIpc) is 2.65. The summed E-state index contributed by atoms with van der Waals surface area (Å²) in [4.78, 5) is 36.1. The fraction of sp³-hybridized carbons (Fsp3) is 0.250. The van der Waals surface area contributed by atoms with Crippen molar-refractivity contribution in [2.75, 3.05) is 13.7 Å². The van der Waals surface area contributed by atoms with Gasteiger partial charge in [0.15, 0.2) is 0 Å². The van der Waals surface area contributed by atoms with Gasteiger partial charge >= 0.3 is 5.97 Å². The second-order valence-electron chi connectivity index (χ2n) is 5.97. The van der Waals surface area contributed by atoms with Crippen molar-refractivity contribution in [2.45, 2.75) is 19.4 Å². The van der Waals surface area contributed by atoms with Crippen LogP contribution in [0, 0.1) is 6.92 Å². The molecule has 6 nitrogen and oxygen atoms in total. The van der Waals surface area contributed by atoms with Gasteiger partial charge in [0.2, 0.25) is 5.91 Å². The predicted molar refractivity (Wildman–Crippen MR) is 102 cm³/mol. The van der Waals surface area contributed by atoms with E-state index in [1.165, 1.54) is 7.11 Å². The number of carbonyl (C=O) groups excluding carboxylic acids is 3. The van der Waals surface area contributed by atoms with Crippen molar-refractivity contribution in [2.24, 2.45) is 0 Å². The molecule has 1 atom stereocenters. The lowest BCUT2D eigenvalue weighted by Gasteiger charge is -2.19. The molecule has 27 heavy (non-hydrogen) atoms. The van der Waals surface area contributed by atoms with E-state index in [0.717, 1.165) is 5.56 Å². The minimum atomic E-state index is -0.658. The molecule has 2 aromatic rings. The Morgan fingerprint density at radius 3 is 2.52 bits per heavy atom. The molecule has 0 saturated heterocycles. The zero-order chi connectivity index (χ0) is 19.8.